The van der Waals surface area contributed by atoms with Crippen LogP contribution in [0.2, 0.25) is 0 Å². The molecule has 0 bridgehead atoms. The molecule has 2 aliphatic rings. The average molecular weight is 223 g/mol. The van der Waals surface area contributed by atoms with Crippen LogP contribution in [-0.2, 0) is 0 Å². The molecule has 0 spiro atoms. The zero-order chi connectivity index (χ0) is 11.8. The highest BCUT2D eigenvalue weighted by Crippen LogP contribution is 2.52. The molecule has 2 fully saturated rings. The van der Waals surface area contributed by atoms with Gasteiger partial charge in [-0.05, 0) is 42.9 Å². The van der Waals surface area contributed by atoms with Gasteiger partial charge in [-0.15, -0.1) is 0 Å². The highest BCUT2D eigenvalue weighted by atomic mass is 14.8. The van der Waals surface area contributed by atoms with Gasteiger partial charge in [0.1, 0.15) is 0 Å². The van der Waals surface area contributed by atoms with Crippen molar-refractivity contribution < 1.29 is 0 Å². The fraction of sp³-hybridized carbons (Fsp3) is 1.00. The summed E-state index contributed by atoms with van der Waals surface area (Å²) in [6, 6.07) is 0. The Hall–Kier alpha value is -0.0400. The maximum absolute atomic E-state index is 6.80. The molecule has 2 N–H and O–H groups in total. The van der Waals surface area contributed by atoms with Crippen LogP contribution in [0.3, 0.4) is 0 Å². The number of rotatable bonds is 2. The van der Waals surface area contributed by atoms with Crippen LogP contribution in [0.25, 0.3) is 0 Å². The van der Waals surface area contributed by atoms with E-state index < -0.39 is 0 Å². The van der Waals surface area contributed by atoms with E-state index in [0.29, 0.717) is 5.41 Å². The van der Waals surface area contributed by atoms with E-state index in [4.69, 9.17) is 5.73 Å². The summed E-state index contributed by atoms with van der Waals surface area (Å²) in [5.74, 6) is 1.79. The molecule has 0 amide bonds. The van der Waals surface area contributed by atoms with Gasteiger partial charge in [-0.2, -0.15) is 0 Å². The molecule has 0 aliphatic heterocycles. The minimum absolute atomic E-state index is 0.145. The van der Waals surface area contributed by atoms with Crippen molar-refractivity contribution in [3.8, 4) is 0 Å². The molecule has 1 nitrogen and oxygen atoms in total. The molecular weight excluding hydrogens is 194 g/mol. The Morgan fingerprint density at radius 3 is 2.12 bits per heavy atom. The van der Waals surface area contributed by atoms with Crippen LogP contribution in [0.15, 0.2) is 0 Å². The lowest BCUT2D eigenvalue weighted by Crippen LogP contribution is -2.55. The van der Waals surface area contributed by atoms with Crippen molar-refractivity contribution >= 4 is 0 Å². The Labute approximate surface area is 101 Å². The molecule has 2 rings (SSSR count). The topological polar surface area (TPSA) is 26.0 Å². The van der Waals surface area contributed by atoms with E-state index in [9.17, 15) is 0 Å². The first-order valence-electron chi connectivity index (χ1n) is 7.28. The molecule has 0 aromatic carbocycles. The summed E-state index contributed by atoms with van der Waals surface area (Å²) in [4.78, 5) is 0. The van der Waals surface area contributed by atoms with Crippen molar-refractivity contribution in [2.45, 2.75) is 77.7 Å². The summed E-state index contributed by atoms with van der Waals surface area (Å²) >= 11 is 0. The van der Waals surface area contributed by atoms with Gasteiger partial charge in [0, 0.05) is 5.54 Å². The normalized spacial score (nSPS) is 43.5. The van der Waals surface area contributed by atoms with E-state index in [1.807, 2.05) is 0 Å². The van der Waals surface area contributed by atoms with Crippen molar-refractivity contribution in [1.29, 1.82) is 0 Å². The van der Waals surface area contributed by atoms with Crippen molar-refractivity contribution in [2.24, 2.45) is 23.0 Å². The van der Waals surface area contributed by atoms with Crippen LogP contribution >= 0.6 is 0 Å². The monoisotopic (exact) mass is 223 g/mol. The fourth-order valence-corrected chi connectivity index (χ4v) is 4.24. The number of hydrogen-bond acceptors (Lipinski definition) is 1. The minimum Gasteiger partial charge on any atom is -0.324 e. The Balaban J connectivity index is 2.03. The summed E-state index contributed by atoms with van der Waals surface area (Å²) in [6.45, 7) is 7.13. The summed E-state index contributed by atoms with van der Waals surface area (Å²) in [5.41, 5.74) is 7.31. The van der Waals surface area contributed by atoms with Crippen LogP contribution in [0.5, 0.6) is 0 Å². The van der Waals surface area contributed by atoms with E-state index in [0.717, 1.165) is 11.8 Å². The molecule has 0 heterocycles. The van der Waals surface area contributed by atoms with E-state index in [1.54, 1.807) is 0 Å². The molecule has 16 heavy (non-hydrogen) atoms. The van der Waals surface area contributed by atoms with Crippen LogP contribution in [-0.4, -0.2) is 5.54 Å². The second-order valence-corrected chi connectivity index (χ2v) is 6.90. The largest absolute Gasteiger partial charge is 0.324 e. The molecule has 2 saturated carbocycles. The second kappa shape index (κ2) is 4.33. The van der Waals surface area contributed by atoms with Crippen LogP contribution < -0.4 is 5.73 Å². The average Bonchev–Trinajstić information content (AvgIpc) is 2.55. The Morgan fingerprint density at radius 1 is 1.06 bits per heavy atom. The van der Waals surface area contributed by atoms with Crippen molar-refractivity contribution in [3.05, 3.63) is 0 Å². The Kier molecular flexibility index (Phi) is 3.36. The zero-order valence-electron chi connectivity index (χ0n) is 11.4. The van der Waals surface area contributed by atoms with Crippen LogP contribution in [0.4, 0.5) is 0 Å². The molecule has 1 atom stereocenters. The van der Waals surface area contributed by atoms with E-state index in [-0.39, 0.29) is 5.54 Å². The lowest BCUT2D eigenvalue weighted by molar-refractivity contribution is 0.0863. The molecule has 94 valence electrons. The predicted octanol–water partition coefficient (Wildman–Crippen LogP) is 4.11. The first-order chi connectivity index (χ1) is 7.49. The standard InChI is InChI=1S/C15H29N/c1-4-12-6-8-13(9-7-12)15(16)11-5-10-14(15,2)3/h12-13H,4-11,16H2,1-3H3. The number of nitrogens with two attached hydrogens (primary N) is 1. The molecule has 1 heteroatoms. The SMILES string of the molecule is CCC1CCC(C2(N)CCCC2(C)C)CC1. The lowest BCUT2D eigenvalue weighted by atomic mass is 9.62. The molecule has 0 aromatic rings. The minimum atomic E-state index is 0.145. The molecular formula is C15H29N. The predicted molar refractivity (Wildman–Crippen MR) is 70.3 cm³/mol. The van der Waals surface area contributed by atoms with Gasteiger partial charge in [-0.25, -0.2) is 0 Å². The molecule has 0 radical (unpaired) electrons. The highest BCUT2D eigenvalue weighted by molar-refractivity contribution is 5.07. The molecule has 1 unspecified atom stereocenters. The lowest BCUT2D eigenvalue weighted by Gasteiger charge is -2.47. The summed E-state index contributed by atoms with van der Waals surface area (Å²) in [7, 11) is 0. The molecule has 0 aromatic heterocycles. The first kappa shape index (κ1) is 12.4. The van der Waals surface area contributed by atoms with E-state index in [1.165, 1.54) is 51.4 Å². The maximum Gasteiger partial charge on any atom is 0.0234 e. The van der Waals surface area contributed by atoms with Gasteiger partial charge in [0.05, 0.1) is 0 Å². The summed E-state index contributed by atoms with van der Waals surface area (Å²) in [5, 5.41) is 0. The van der Waals surface area contributed by atoms with E-state index in [2.05, 4.69) is 20.8 Å². The van der Waals surface area contributed by atoms with Crippen molar-refractivity contribution in [3.63, 3.8) is 0 Å². The van der Waals surface area contributed by atoms with Gasteiger partial charge in [0.25, 0.3) is 0 Å². The van der Waals surface area contributed by atoms with Gasteiger partial charge in [-0.3, -0.25) is 0 Å². The van der Waals surface area contributed by atoms with Gasteiger partial charge >= 0.3 is 0 Å². The van der Waals surface area contributed by atoms with Gasteiger partial charge < -0.3 is 5.73 Å². The van der Waals surface area contributed by atoms with Crippen LogP contribution in [0, 0.1) is 17.3 Å². The summed E-state index contributed by atoms with van der Waals surface area (Å²) < 4.78 is 0. The van der Waals surface area contributed by atoms with Gasteiger partial charge in [0.2, 0.25) is 0 Å². The number of hydrogen-bond donors (Lipinski definition) is 1. The van der Waals surface area contributed by atoms with Crippen molar-refractivity contribution in [1.82, 2.24) is 0 Å². The third-order valence-electron chi connectivity index (χ3n) is 5.80. The summed E-state index contributed by atoms with van der Waals surface area (Å²) in [6.07, 6.45) is 10.9. The highest BCUT2D eigenvalue weighted by Gasteiger charge is 2.50. The first-order valence-corrected chi connectivity index (χ1v) is 7.28. The Morgan fingerprint density at radius 2 is 1.69 bits per heavy atom. The van der Waals surface area contributed by atoms with Gasteiger partial charge in [-0.1, -0.05) is 46.5 Å². The maximum atomic E-state index is 6.80. The molecule has 0 saturated heterocycles. The zero-order valence-corrected chi connectivity index (χ0v) is 11.4. The quantitative estimate of drug-likeness (QED) is 0.749. The molecule has 2 aliphatic carbocycles. The third kappa shape index (κ3) is 1.92. The van der Waals surface area contributed by atoms with Crippen molar-refractivity contribution in [2.75, 3.05) is 0 Å². The Bertz CT molecular complexity index is 238. The third-order valence-corrected chi connectivity index (χ3v) is 5.80. The van der Waals surface area contributed by atoms with E-state index >= 15 is 0 Å². The second-order valence-electron chi connectivity index (χ2n) is 6.90. The van der Waals surface area contributed by atoms with Gasteiger partial charge in [0.15, 0.2) is 0 Å². The smallest absolute Gasteiger partial charge is 0.0234 e. The fourth-order valence-electron chi connectivity index (χ4n) is 4.24. The van der Waals surface area contributed by atoms with Crippen LogP contribution in [0.1, 0.15) is 72.1 Å².